The van der Waals surface area contributed by atoms with Crippen LogP contribution in [0.15, 0.2) is 29.4 Å². The van der Waals surface area contributed by atoms with Crippen molar-refractivity contribution in [3.8, 4) is 5.75 Å². The van der Waals surface area contributed by atoms with E-state index < -0.39 is 0 Å². The number of hydrogen-bond acceptors (Lipinski definition) is 4. The zero-order valence-electron chi connectivity index (χ0n) is 11.7. The topological polar surface area (TPSA) is 55.2 Å². The van der Waals surface area contributed by atoms with Crippen LogP contribution >= 0.6 is 12.2 Å². The zero-order valence-corrected chi connectivity index (χ0v) is 12.5. The van der Waals surface area contributed by atoms with Gasteiger partial charge in [0.05, 0.1) is 12.8 Å². The zero-order chi connectivity index (χ0) is 14.4. The first kappa shape index (κ1) is 14.5. The molecule has 0 aliphatic carbocycles. The molecule has 0 saturated carbocycles. The minimum atomic E-state index is 0.485. The van der Waals surface area contributed by atoms with E-state index in [2.05, 4.69) is 22.2 Å². The normalized spacial score (nSPS) is 11.1. The molecule has 0 fully saturated rings. The van der Waals surface area contributed by atoms with E-state index in [1.807, 2.05) is 31.2 Å². The van der Waals surface area contributed by atoms with Gasteiger partial charge in [-0.3, -0.25) is 5.10 Å². The molecule has 0 unspecified atom stereocenters. The van der Waals surface area contributed by atoms with Gasteiger partial charge in [-0.2, -0.15) is 14.9 Å². The Bertz CT molecular complexity index is 627. The molecule has 1 aromatic carbocycles. The SMILES string of the molecule is CCCCOc1ccc(C=Nn2c(C)n[nH]c2=S)cc1. The monoisotopic (exact) mass is 290 g/mol. The minimum absolute atomic E-state index is 0.485. The predicted molar refractivity (Wildman–Crippen MR) is 82.0 cm³/mol. The number of ether oxygens (including phenoxy) is 1. The molecule has 5 nitrogen and oxygen atoms in total. The Balaban J connectivity index is 2.02. The Hall–Kier alpha value is -1.95. The first-order valence-corrected chi connectivity index (χ1v) is 7.02. The first-order valence-electron chi connectivity index (χ1n) is 6.62. The van der Waals surface area contributed by atoms with Gasteiger partial charge in [0, 0.05) is 0 Å². The molecule has 0 aliphatic heterocycles. The molecular weight excluding hydrogens is 272 g/mol. The second-order valence-corrected chi connectivity index (χ2v) is 4.79. The molecule has 0 spiro atoms. The van der Waals surface area contributed by atoms with Crippen LogP contribution in [0.5, 0.6) is 5.75 Å². The smallest absolute Gasteiger partial charge is 0.216 e. The van der Waals surface area contributed by atoms with Gasteiger partial charge in [-0.25, -0.2) is 0 Å². The van der Waals surface area contributed by atoms with E-state index in [1.165, 1.54) is 0 Å². The Morgan fingerprint density at radius 3 is 2.75 bits per heavy atom. The second-order valence-electron chi connectivity index (χ2n) is 4.40. The van der Waals surface area contributed by atoms with Crippen molar-refractivity contribution in [1.29, 1.82) is 0 Å². The van der Waals surface area contributed by atoms with Gasteiger partial charge in [-0.05, 0) is 55.4 Å². The number of benzene rings is 1. The number of unbranched alkanes of at least 4 members (excludes halogenated alkanes) is 1. The molecule has 0 aliphatic rings. The third-order valence-corrected chi connectivity index (χ3v) is 3.05. The maximum atomic E-state index is 5.61. The van der Waals surface area contributed by atoms with E-state index in [0.717, 1.165) is 36.6 Å². The third kappa shape index (κ3) is 3.77. The number of aromatic nitrogens is 3. The molecule has 0 radical (unpaired) electrons. The van der Waals surface area contributed by atoms with E-state index in [4.69, 9.17) is 17.0 Å². The van der Waals surface area contributed by atoms with Crippen molar-refractivity contribution >= 4 is 18.4 Å². The average Bonchev–Trinajstić information content (AvgIpc) is 2.78. The van der Waals surface area contributed by atoms with Crippen molar-refractivity contribution in [1.82, 2.24) is 14.9 Å². The van der Waals surface area contributed by atoms with E-state index >= 15 is 0 Å². The number of hydrogen-bond donors (Lipinski definition) is 1. The summed E-state index contributed by atoms with van der Waals surface area (Å²) in [7, 11) is 0. The Morgan fingerprint density at radius 2 is 2.15 bits per heavy atom. The fourth-order valence-corrected chi connectivity index (χ4v) is 1.84. The number of aryl methyl sites for hydroxylation is 1. The van der Waals surface area contributed by atoms with Crippen LogP contribution in [0.2, 0.25) is 0 Å². The average molecular weight is 290 g/mol. The summed E-state index contributed by atoms with van der Waals surface area (Å²) in [5.74, 6) is 1.61. The van der Waals surface area contributed by atoms with Crippen molar-refractivity contribution in [2.24, 2.45) is 5.10 Å². The van der Waals surface area contributed by atoms with Crippen molar-refractivity contribution in [2.75, 3.05) is 6.61 Å². The standard InChI is InChI=1S/C14H18N4OS/c1-3-4-9-19-13-7-5-12(6-8-13)10-15-18-11(2)16-17-14(18)20/h5-8,10H,3-4,9H2,1-2H3,(H,17,20). The summed E-state index contributed by atoms with van der Waals surface area (Å²) >= 11 is 5.08. The van der Waals surface area contributed by atoms with Crippen LogP contribution in [-0.4, -0.2) is 27.7 Å². The summed E-state index contributed by atoms with van der Waals surface area (Å²) in [6.45, 7) is 4.74. The van der Waals surface area contributed by atoms with Crippen LogP contribution in [0.25, 0.3) is 0 Å². The quantitative estimate of drug-likeness (QED) is 0.504. The van der Waals surface area contributed by atoms with Crippen molar-refractivity contribution in [2.45, 2.75) is 26.7 Å². The number of H-pyrrole nitrogens is 1. The number of nitrogens with one attached hydrogen (secondary N) is 1. The second kappa shape index (κ2) is 7.00. The lowest BCUT2D eigenvalue weighted by Gasteiger charge is -2.04. The number of rotatable bonds is 6. The summed E-state index contributed by atoms with van der Waals surface area (Å²) in [6.07, 6.45) is 3.95. The van der Waals surface area contributed by atoms with Crippen molar-refractivity contribution in [3.05, 3.63) is 40.4 Å². The molecule has 6 heteroatoms. The van der Waals surface area contributed by atoms with Crippen molar-refractivity contribution < 1.29 is 4.74 Å². The summed E-state index contributed by atoms with van der Waals surface area (Å²) in [5.41, 5.74) is 0.982. The van der Waals surface area contributed by atoms with Crippen LogP contribution in [0, 0.1) is 11.7 Å². The number of aromatic amines is 1. The van der Waals surface area contributed by atoms with Crippen LogP contribution in [-0.2, 0) is 0 Å². The van der Waals surface area contributed by atoms with Crippen LogP contribution < -0.4 is 4.74 Å². The molecule has 0 atom stereocenters. The van der Waals surface area contributed by atoms with Crippen molar-refractivity contribution in [3.63, 3.8) is 0 Å². The Morgan fingerprint density at radius 1 is 1.40 bits per heavy atom. The molecule has 0 amide bonds. The van der Waals surface area contributed by atoms with E-state index in [1.54, 1.807) is 10.9 Å². The van der Waals surface area contributed by atoms with Crippen LogP contribution in [0.1, 0.15) is 31.2 Å². The Kier molecular flexibility index (Phi) is 5.06. The minimum Gasteiger partial charge on any atom is -0.494 e. The molecule has 1 N–H and O–H groups in total. The highest BCUT2D eigenvalue weighted by Crippen LogP contribution is 2.11. The summed E-state index contributed by atoms with van der Waals surface area (Å²) in [6, 6.07) is 7.81. The molecule has 0 bridgehead atoms. The van der Waals surface area contributed by atoms with E-state index in [0.29, 0.717) is 4.77 Å². The van der Waals surface area contributed by atoms with Crippen LogP contribution in [0.3, 0.4) is 0 Å². The molecule has 1 heterocycles. The first-order chi connectivity index (χ1) is 9.70. The molecule has 2 aromatic rings. The highest BCUT2D eigenvalue weighted by Gasteiger charge is 1.98. The van der Waals surface area contributed by atoms with Gasteiger partial charge in [-0.1, -0.05) is 13.3 Å². The lowest BCUT2D eigenvalue weighted by molar-refractivity contribution is 0.309. The highest BCUT2D eigenvalue weighted by atomic mass is 32.1. The summed E-state index contributed by atoms with van der Waals surface area (Å²) < 4.78 is 7.68. The molecule has 1 aromatic heterocycles. The van der Waals surface area contributed by atoms with Crippen LogP contribution in [0.4, 0.5) is 0 Å². The van der Waals surface area contributed by atoms with E-state index in [-0.39, 0.29) is 0 Å². The molecule has 20 heavy (non-hydrogen) atoms. The van der Waals surface area contributed by atoms with Gasteiger partial charge in [0.1, 0.15) is 11.6 Å². The van der Waals surface area contributed by atoms with Gasteiger partial charge in [0.15, 0.2) is 0 Å². The number of nitrogens with zero attached hydrogens (tertiary/aromatic N) is 3. The Labute approximate surface area is 123 Å². The molecule has 0 saturated heterocycles. The molecule has 106 valence electrons. The van der Waals surface area contributed by atoms with Gasteiger partial charge in [0.25, 0.3) is 0 Å². The molecular formula is C14H18N4OS. The molecule has 2 rings (SSSR count). The summed E-state index contributed by atoms with van der Waals surface area (Å²) in [5, 5.41) is 11.0. The van der Waals surface area contributed by atoms with Gasteiger partial charge in [0.2, 0.25) is 4.77 Å². The van der Waals surface area contributed by atoms with Gasteiger partial charge >= 0.3 is 0 Å². The lowest BCUT2D eigenvalue weighted by Crippen LogP contribution is -1.97. The predicted octanol–water partition coefficient (Wildman–Crippen LogP) is 3.31. The van der Waals surface area contributed by atoms with E-state index in [9.17, 15) is 0 Å². The maximum Gasteiger partial charge on any atom is 0.216 e. The third-order valence-electron chi connectivity index (χ3n) is 2.78. The fraction of sp³-hybridized carbons (Fsp3) is 0.357. The largest absolute Gasteiger partial charge is 0.494 e. The highest BCUT2D eigenvalue weighted by molar-refractivity contribution is 7.71. The summed E-state index contributed by atoms with van der Waals surface area (Å²) in [4.78, 5) is 0. The fourth-order valence-electron chi connectivity index (χ4n) is 1.62. The van der Waals surface area contributed by atoms with Gasteiger partial charge in [-0.15, -0.1) is 0 Å². The maximum absolute atomic E-state index is 5.61. The van der Waals surface area contributed by atoms with Gasteiger partial charge < -0.3 is 4.74 Å². The lowest BCUT2D eigenvalue weighted by atomic mass is 10.2.